The summed E-state index contributed by atoms with van der Waals surface area (Å²) >= 11 is 7.87. The topological polar surface area (TPSA) is 84.9 Å². The molecule has 1 heterocycles. The van der Waals surface area contributed by atoms with Gasteiger partial charge in [0, 0.05) is 10.2 Å². The standard InChI is InChI=1S/C26H20Br2N2O5S/c1-34-19-12-17(22(27)23(28)24(19)35-15-16-8-4-2-5-9-16)13-20-25(32)30(26(33)36-20)14-21(31)29-18-10-6-3-7-11-18/h2-13H,14-15H2,1H3,(H,29,31)/b20-13-. The molecule has 0 bridgehead atoms. The van der Waals surface area contributed by atoms with Crippen molar-refractivity contribution >= 4 is 72.4 Å². The maximum atomic E-state index is 12.9. The van der Waals surface area contributed by atoms with Crippen LogP contribution >= 0.6 is 43.6 Å². The van der Waals surface area contributed by atoms with Gasteiger partial charge in [0.25, 0.3) is 11.1 Å². The van der Waals surface area contributed by atoms with Crippen LogP contribution in [0.5, 0.6) is 11.5 Å². The van der Waals surface area contributed by atoms with E-state index in [0.717, 1.165) is 22.2 Å². The number of methoxy groups -OCH3 is 1. The molecular weight excluding hydrogens is 612 g/mol. The van der Waals surface area contributed by atoms with Gasteiger partial charge in [0.15, 0.2) is 11.5 Å². The molecule has 3 amide bonds. The minimum absolute atomic E-state index is 0.195. The first-order valence-corrected chi connectivity index (χ1v) is 13.1. The van der Waals surface area contributed by atoms with Gasteiger partial charge in [0.1, 0.15) is 13.2 Å². The van der Waals surface area contributed by atoms with Crippen LogP contribution in [0.25, 0.3) is 6.08 Å². The van der Waals surface area contributed by atoms with E-state index in [-0.39, 0.29) is 11.4 Å². The Hall–Kier alpha value is -3.08. The number of benzene rings is 3. The fourth-order valence-corrected chi connectivity index (χ4v) is 5.15. The van der Waals surface area contributed by atoms with Crippen LogP contribution in [0, 0.1) is 0 Å². The van der Waals surface area contributed by atoms with Crippen LogP contribution in [0.3, 0.4) is 0 Å². The number of hydrogen-bond donors (Lipinski definition) is 1. The van der Waals surface area contributed by atoms with Crippen molar-refractivity contribution in [1.82, 2.24) is 4.90 Å². The number of nitrogens with one attached hydrogen (secondary N) is 1. The summed E-state index contributed by atoms with van der Waals surface area (Å²) in [6, 6.07) is 20.3. The number of hydrogen-bond acceptors (Lipinski definition) is 6. The third-order valence-corrected chi connectivity index (χ3v) is 8.17. The predicted molar refractivity (Wildman–Crippen MR) is 147 cm³/mol. The third-order valence-electron chi connectivity index (χ3n) is 5.12. The Morgan fingerprint density at radius 2 is 1.69 bits per heavy atom. The minimum Gasteiger partial charge on any atom is -0.493 e. The van der Waals surface area contributed by atoms with E-state index in [2.05, 4.69) is 37.2 Å². The van der Waals surface area contributed by atoms with Gasteiger partial charge in [-0.3, -0.25) is 19.3 Å². The maximum absolute atomic E-state index is 12.9. The number of halogens is 2. The monoisotopic (exact) mass is 630 g/mol. The van der Waals surface area contributed by atoms with E-state index in [9.17, 15) is 14.4 Å². The average Bonchev–Trinajstić information content (AvgIpc) is 3.14. The lowest BCUT2D eigenvalue weighted by Gasteiger charge is -2.16. The van der Waals surface area contributed by atoms with Crippen LogP contribution in [0.1, 0.15) is 11.1 Å². The zero-order chi connectivity index (χ0) is 25.7. The number of imide groups is 1. The van der Waals surface area contributed by atoms with Crippen molar-refractivity contribution in [2.45, 2.75) is 6.61 Å². The highest BCUT2D eigenvalue weighted by Crippen LogP contribution is 2.44. The van der Waals surface area contributed by atoms with Crippen LogP contribution < -0.4 is 14.8 Å². The van der Waals surface area contributed by atoms with Crippen LogP contribution in [-0.4, -0.2) is 35.6 Å². The first-order chi connectivity index (χ1) is 17.4. The molecule has 1 N–H and O–H groups in total. The fraction of sp³-hybridized carbons (Fsp3) is 0.115. The average molecular weight is 632 g/mol. The van der Waals surface area contributed by atoms with Gasteiger partial charge in [-0.1, -0.05) is 48.5 Å². The third kappa shape index (κ3) is 6.00. The number of amides is 3. The number of carbonyl (C=O) groups is 3. The van der Waals surface area contributed by atoms with Crippen LogP contribution in [0.15, 0.2) is 80.6 Å². The molecular formula is C26H20Br2N2O5S. The van der Waals surface area contributed by atoms with Crippen molar-refractivity contribution in [3.63, 3.8) is 0 Å². The second kappa shape index (κ2) is 11.8. The quantitative estimate of drug-likeness (QED) is 0.287. The zero-order valence-corrected chi connectivity index (χ0v) is 23.0. The maximum Gasteiger partial charge on any atom is 0.294 e. The predicted octanol–water partition coefficient (Wildman–Crippen LogP) is 6.47. The van der Waals surface area contributed by atoms with Gasteiger partial charge in [-0.15, -0.1) is 0 Å². The molecule has 3 aromatic carbocycles. The molecule has 1 fully saturated rings. The van der Waals surface area contributed by atoms with Gasteiger partial charge >= 0.3 is 0 Å². The number of carbonyl (C=O) groups excluding carboxylic acids is 3. The second-order valence-corrected chi connectivity index (χ2v) is 10.2. The van der Waals surface area contributed by atoms with E-state index in [0.29, 0.717) is 38.3 Å². The Labute approximate surface area is 229 Å². The van der Waals surface area contributed by atoms with Gasteiger partial charge < -0.3 is 14.8 Å². The molecule has 184 valence electrons. The Balaban J connectivity index is 1.52. The SMILES string of the molecule is COc1cc(/C=C2\SC(=O)N(CC(=O)Nc3ccccc3)C2=O)c(Br)c(Br)c1OCc1ccccc1. The van der Waals surface area contributed by atoms with E-state index >= 15 is 0 Å². The number of para-hydroxylation sites is 1. The van der Waals surface area contributed by atoms with Gasteiger partial charge in [0.05, 0.1) is 16.5 Å². The summed E-state index contributed by atoms with van der Waals surface area (Å²) in [5.41, 5.74) is 2.18. The molecule has 10 heteroatoms. The molecule has 0 aromatic heterocycles. The lowest BCUT2D eigenvalue weighted by Crippen LogP contribution is -2.36. The lowest BCUT2D eigenvalue weighted by molar-refractivity contribution is -0.127. The number of ether oxygens (including phenoxy) is 2. The summed E-state index contributed by atoms with van der Waals surface area (Å²) in [6.45, 7) is -0.0388. The van der Waals surface area contributed by atoms with Crippen molar-refractivity contribution in [1.29, 1.82) is 0 Å². The Morgan fingerprint density at radius 1 is 1.03 bits per heavy atom. The van der Waals surface area contributed by atoms with E-state index in [1.165, 1.54) is 7.11 Å². The zero-order valence-electron chi connectivity index (χ0n) is 19.0. The molecule has 1 saturated heterocycles. The molecule has 1 aliphatic rings. The molecule has 0 saturated carbocycles. The Bertz CT molecular complexity index is 1330. The summed E-state index contributed by atoms with van der Waals surface area (Å²) in [6.07, 6.45) is 1.58. The highest BCUT2D eigenvalue weighted by atomic mass is 79.9. The van der Waals surface area contributed by atoms with Crippen LogP contribution in [0.4, 0.5) is 10.5 Å². The normalized spacial score (nSPS) is 14.3. The van der Waals surface area contributed by atoms with E-state index in [1.54, 1.807) is 36.4 Å². The Kier molecular flexibility index (Phi) is 8.50. The van der Waals surface area contributed by atoms with Gasteiger partial charge in [0.2, 0.25) is 5.91 Å². The van der Waals surface area contributed by atoms with Crippen molar-refractivity contribution in [2.24, 2.45) is 0 Å². The number of nitrogens with zero attached hydrogens (tertiary/aromatic N) is 1. The molecule has 0 aliphatic carbocycles. The van der Waals surface area contributed by atoms with Crippen LogP contribution in [-0.2, 0) is 16.2 Å². The summed E-state index contributed by atoms with van der Waals surface area (Å²) in [4.78, 5) is 38.9. The highest BCUT2D eigenvalue weighted by Gasteiger charge is 2.36. The summed E-state index contributed by atoms with van der Waals surface area (Å²) in [5.74, 6) is -0.0559. The van der Waals surface area contributed by atoms with Crippen molar-refractivity contribution < 1.29 is 23.9 Å². The first-order valence-electron chi connectivity index (χ1n) is 10.7. The van der Waals surface area contributed by atoms with Gasteiger partial charge in [-0.2, -0.15) is 0 Å². The highest BCUT2D eigenvalue weighted by molar-refractivity contribution is 9.13. The van der Waals surface area contributed by atoms with E-state index in [1.807, 2.05) is 36.4 Å². The fourth-order valence-electron chi connectivity index (χ4n) is 3.37. The van der Waals surface area contributed by atoms with Crippen molar-refractivity contribution in [3.8, 4) is 11.5 Å². The molecule has 4 rings (SSSR count). The Morgan fingerprint density at radius 3 is 2.36 bits per heavy atom. The molecule has 0 spiro atoms. The van der Waals surface area contributed by atoms with E-state index < -0.39 is 17.1 Å². The van der Waals surface area contributed by atoms with Crippen LogP contribution in [0.2, 0.25) is 0 Å². The summed E-state index contributed by atoms with van der Waals surface area (Å²) in [5, 5.41) is 2.16. The number of rotatable bonds is 8. The number of thioether (sulfide) groups is 1. The minimum atomic E-state index is -0.542. The van der Waals surface area contributed by atoms with Crippen molar-refractivity contribution in [2.75, 3.05) is 19.0 Å². The smallest absolute Gasteiger partial charge is 0.294 e. The lowest BCUT2D eigenvalue weighted by atomic mass is 10.1. The first kappa shape index (κ1) is 26.0. The molecule has 0 atom stereocenters. The largest absolute Gasteiger partial charge is 0.493 e. The number of anilines is 1. The molecule has 7 nitrogen and oxygen atoms in total. The van der Waals surface area contributed by atoms with E-state index in [4.69, 9.17) is 9.47 Å². The molecule has 3 aromatic rings. The second-order valence-electron chi connectivity index (χ2n) is 7.58. The summed E-state index contributed by atoms with van der Waals surface area (Å²) in [7, 11) is 1.52. The van der Waals surface area contributed by atoms with Gasteiger partial charge in [-0.25, -0.2) is 0 Å². The van der Waals surface area contributed by atoms with Gasteiger partial charge in [-0.05, 0) is 79.0 Å². The van der Waals surface area contributed by atoms with Crippen molar-refractivity contribution in [3.05, 3.63) is 91.7 Å². The molecule has 1 aliphatic heterocycles. The summed E-state index contributed by atoms with van der Waals surface area (Å²) < 4.78 is 12.8. The molecule has 36 heavy (non-hydrogen) atoms. The molecule has 0 radical (unpaired) electrons. The molecule has 0 unspecified atom stereocenters.